The number of methoxy groups -OCH3 is 1. The normalized spacial score (nSPS) is 13.3. The summed E-state index contributed by atoms with van der Waals surface area (Å²) in [5.74, 6) is 1.93. The Morgan fingerprint density at radius 1 is 0.863 bits per heavy atom. The van der Waals surface area contributed by atoms with Gasteiger partial charge in [0.1, 0.15) is 17.3 Å². The number of nitrogens with one attached hydrogen (secondary N) is 5. The lowest BCUT2D eigenvalue weighted by molar-refractivity contribution is 0.0944. The summed E-state index contributed by atoms with van der Waals surface area (Å²) >= 11 is 0. The molecule has 2 heterocycles. The maximum atomic E-state index is 13.6. The van der Waals surface area contributed by atoms with Crippen molar-refractivity contribution in [3.05, 3.63) is 108 Å². The molecule has 0 radical (unpaired) electrons. The summed E-state index contributed by atoms with van der Waals surface area (Å²) in [5, 5.41) is 17.2. The average molecular weight is 688 g/mol. The molecule has 0 atom stereocenters. The highest BCUT2D eigenvalue weighted by Crippen LogP contribution is 2.37. The van der Waals surface area contributed by atoms with Crippen LogP contribution in [-0.4, -0.2) is 68.2 Å². The lowest BCUT2D eigenvalue weighted by Gasteiger charge is -2.27. The predicted molar refractivity (Wildman–Crippen MR) is 204 cm³/mol. The maximum Gasteiger partial charge on any atom is 0.323 e. The number of pyridine rings is 1. The van der Waals surface area contributed by atoms with E-state index in [1.54, 1.807) is 12.3 Å². The Balaban J connectivity index is 1.20. The molecule has 5 aromatic rings. The fourth-order valence-corrected chi connectivity index (χ4v) is 5.99. The average Bonchev–Trinajstić information content (AvgIpc) is 3.13. The zero-order chi connectivity index (χ0) is 35.8. The molecule has 0 spiro atoms. The lowest BCUT2D eigenvalue weighted by Crippen LogP contribution is -2.46. The number of nitrogens with zero attached hydrogens (tertiary/aromatic N) is 2. The smallest absolute Gasteiger partial charge is 0.323 e. The second kappa shape index (κ2) is 15.9. The first-order valence-corrected chi connectivity index (χ1v) is 17.2. The number of para-hydroxylation sites is 1. The van der Waals surface area contributed by atoms with Crippen molar-refractivity contribution < 1.29 is 19.1 Å². The van der Waals surface area contributed by atoms with Gasteiger partial charge in [-0.1, -0.05) is 63.2 Å². The number of aromatic nitrogens is 1. The Labute approximate surface area is 298 Å². The van der Waals surface area contributed by atoms with Gasteiger partial charge in [-0.15, -0.1) is 0 Å². The van der Waals surface area contributed by atoms with Gasteiger partial charge in [0.05, 0.1) is 24.0 Å². The summed E-state index contributed by atoms with van der Waals surface area (Å²) < 4.78 is 12.1. The van der Waals surface area contributed by atoms with Crippen LogP contribution in [0.5, 0.6) is 17.2 Å². The number of ether oxygens (including phenoxy) is 2. The molecular formula is C40H45N7O4. The minimum atomic E-state index is -0.478. The van der Waals surface area contributed by atoms with Gasteiger partial charge < -0.3 is 36.1 Å². The van der Waals surface area contributed by atoms with Crippen molar-refractivity contribution in [2.24, 2.45) is 0 Å². The number of rotatable bonds is 11. The number of carbonyl (C=O) groups excluding carboxylic acids is 2. The summed E-state index contributed by atoms with van der Waals surface area (Å²) in [6.07, 6.45) is 1.69. The zero-order valence-corrected chi connectivity index (χ0v) is 29.5. The molecule has 1 aliphatic rings. The minimum absolute atomic E-state index is 0.254. The van der Waals surface area contributed by atoms with E-state index in [1.807, 2.05) is 84.9 Å². The molecule has 51 heavy (non-hydrogen) atoms. The maximum absolute atomic E-state index is 13.6. The molecular weight excluding hydrogens is 642 g/mol. The van der Waals surface area contributed by atoms with Crippen LogP contribution in [0.4, 0.5) is 27.7 Å². The number of fused-ring (bicyclic) bond motifs is 1. The van der Waals surface area contributed by atoms with E-state index in [4.69, 9.17) is 9.47 Å². The quantitative estimate of drug-likeness (QED) is 0.0975. The van der Waals surface area contributed by atoms with Gasteiger partial charge in [0.15, 0.2) is 5.75 Å². The molecule has 0 bridgehead atoms. The first-order chi connectivity index (χ1) is 24.7. The molecule has 1 fully saturated rings. The number of carbonyl (C=O) groups is 2. The van der Waals surface area contributed by atoms with Crippen molar-refractivity contribution in [3.63, 3.8) is 0 Å². The van der Waals surface area contributed by atoms with Gasteiger partial charge in [-0.3, -0.25) is 9.69 Å². The number of hydrogen-bond acceptors (Lipinski definition) is 8. The van der Waals surface area contributed by atoms with E-state index in [0.29, 0.717) is 46.5 Å². The van der Waals surface area contributed by atoms with E-state index < -0.39 is 6.03 Å². The van der Waals surface area contributed by atoms with Gasteiger partial charge in [-0.05, 0) is 53.4 Å². The van der Waals surface area contributed by atoms with Crippen molar-refractivity contribution in [1.82, 2.24) is 20.5 Å². The summed E-state index contributed by atoms with van der Waals surface area (Å²) in [5.41, 5.74) is 2.87. The van der Waals surface area contributed by atoms with E-state index in [1.165, 1.54) is 7.11 Å². The van der Waals surface area contributed by atoms with Crippen LogP contribution in [0, 0.1) is 0 Å². The summed E-state index contributed by atoms with van der Waals surface area (Å²) in [7, 11) is 1.50. The Hall–Kier alpha value is -5.65. The SMILES string of the molecule is COc1c(NC(=O)Nc2ccc(Oc3ccnc(Nc4ccccc4)c3)c3ccccc23)cc(C(C)(C)C)cc1C(=O)NCCN1CCNCC1. The Morgan fingerprint density at radius 2 is 1.59 bits per heavy atom. The monoisotopic (exact) mass is 687 g/mol. The molecule has 5 N–H and O–H groups in total. The molecule has 0 saturated carbocycles. The predicted octanol–water partition coefficient (Wildman–Crippen LogP) is 7.36. The van der Waals surface area contributed by atoms with E-state index >= 15 is 0 Å². The van der Waals surface area contributed by atoms with Crippen molar-refractivity contribution in [1.29, 1.82) is 0 Å². The molecule has 1 aliphatic heterocycles. The third-order valence-electron chi connectivity index (χ3n) is 8.71. The van der Waals surface area contributed by atoms with Crippen LogP contribution in [0.3, 0.4) is 0 Å². The van der Waals surface area contributed by atoms with Gasteiger partial charge in [0.25, 0.3) is 5.91 Å². The number of benzene rings is 4. The highest BCUT2D eigenvalue weighted by molar-refractivity contribution is 6.09. The Kier molecular flexibility index (Phi) is 11.0. The van der Waals surface area contributed by atoms with Crippen LogP contribution in [-0.2, 0) is 5.41 Å². The first-order valence-electron chi connectivity index (χ1n) is 17.2. The molecule has 6 rings (SSSR count). The van der Waals surface area contributed by atoms with Crippen LogP contribution in [0.15, 0.2) is 97.2 Å². The molecule has 0 aliphatic carbocycles. The molecule has 3 amide bonds. The summed E-state index contributed by atoms with van der Waals surface area (Å²) in [6.45, 7) is 11.2. The van der Waals surface area contributed by atoms with E-state index in [-0.39, 0.29) is 11.3 Å². The van der Waals surface area contributed by atoms with E-state index in [0.717, 1.165) is 54.7 Å². The van der Waals surface area contributed by atoms with Gasteiger partial charge in [-0.25, -0.2) is 9.78 Å². The van der Waals surface area contributed by atoms with Crippen LogP contribution >= 0.6 is 0 Å². The lowest BCUT2D eigenvalue weighted by atomic mass is 9.85. The molecule has 264 valence electrons. The molecule has 0 unspecified atom stereocenters. The molecule has 1 aromatic heterocycles. The molecule has 11 heteroatoms. The Bertz CT molecular complexity index is 1990. The van der Waals surface area contributed by atoms with E-state index in [9.17, 15) is 9.59 Å². The van der Waals surface area contributed by atoms with Gasteiger partial charge >= 0.3 is 6.03 Å². The van der Waals surface area contributed by atoms with Crippen molar-refractivity contribution in [3.8, 4) is 17.2 Å². The van der Waals surface area contributed by atoms with Crippen LogP contribution in [0.2, 0.25) is 0 Å². The highest BCUT2D eigenvalue weighted by Gasteiger charge is 2.24. The fraction of sp³-hybridized carbons (Fsp3) is 0.275. The summed E-state index contributed by atoms with van der Waals surface area (Å²) in [6, 6.07) is 28.0. The van der Waals surface area contributed by atoms with Crippen LogP contribution in [0.1, 0.15) is 36.7 Å². The molecule has 1 saturated heterocycles. The van der Waals surface area contributed by atoms with Crippen LogP contribution < -0.4 is 36.1 Å². The molecule has 4 aromatic carbocycles. The Morgan fingerprint density at radius 3 is 2.33 bits per heavy atom. The number of amides is 3. The highest BCUT2D eigenvalue weighted by atomic mass is 16.5. The topological polar surface area (TPSA) is 129 Å². The van der Waals surface area contributed by atoms with Gasteiger partial charge in [0, 0.05) is 68.0 Å². The van der Waals surface area contributed by atoms with Crippen LogP contribution in [0.25, 0.3) is 10.8 Å². The van der Waals surface area contributed by atoms with Gasteiger partial charge in [0.2, 0.25) is 0 Å². The second-order valence-electron chi connectivity index (χ2n) is 13.4. The molecule has 11 nitrogen and oxygen atoms in total. The van der Waals surface area contributed by atoms with Crippen molar-refractivity contribution in [2.45, 2.75) is 26.2 Å². The number of piperazine rings is 1. The standard InChI is InChI=1S/C40H45N7O4/c1-40(2,3)27-24-32(38(48)43-20-23-47-21-18-41-19-22-47)37(50-4)34(25-27)46-39(49)45-33-14-15-35(31-13-9-8-12-30(31)33)51-29-16-17-42-36(26-29)44-28-10-6-5-7-11-28/h5-17,24-26,41H,18-23H2,1-4H3,(H,42,44)(H,43,48)(H2,45,46,49). The minimum Gasteiger partial charge on any atom is -0.494 e. The third-order valence-corrected chi connectivity index (χ3v) is 8.71. The first kappa shape index (κ1) is 35.2. The zero-order valence-electron chi connectivity index (χ0n) is 29.5. The third kappa shape index (κ3) is 8.94. The number of anilines is 4. The number of urea groups is 1. The van der Waals surface area contributed by atoms with E-state index in [2.05, 4.69) is 57.2 Å². The fourth-order valence-electron chi connectivity index (χ4n) is 5.99. The van der Waals surface area contributed by atoms with Crippen molar-refractivity contribution >= 4 is 45.6 Å². The second-order valence-corrected chi connectivity index (χ2v) is 13.4. The largest absolute Gasteiger partial charge is 0.494 e. The van der Waals surface area contributed by atoms with Crippen molar-refractivity contribution in [2.75, 3.05) is 62.3 Å². The van der Waals surface area contributed by atoms with Gasteiger partial charge in [-0.2, -0.15) is 0 Å². The number of hydrogen-bond donors (Lipinski definition) is 5. The summed E-state index contributed by atoms with van der Waals surface area (Å²) in [4.78, 5) is 33.9.